The molecule has 0 saturated heterocycles. The Hall–Kier alpha value is -3.11. The van der Waals surface area contributed by atoms with Crippen LogP contribution in [0.3, 0.4) is 0 Å². The van der Waals surface area contributed by atoms with Crippen LogP contribution in [0.4, 0.5) is 10.1 Å². The van der Waals surface area contributed by atoms with Gasteiger partial charge in [0.25, 0.3) is 5.91 Å². The number of hydrogen-bond acceptors (Lipinski definition) is 5. The summed E-state index contributed by atoms with van der Waals surface area (Å²) in [5.74, 6) is -1.74. The summed E-state index contributed by atoms with van der Waals surface area (Å²) in [6.45, 7) is -1.07. The summed E-state index contributed by atoms with van der Waals surface area (Å²) in [5, 5.41) is 9.07. The van der Waals surface area contributed by atoms with E-state index in [4.69, 9.17) is 26.3 Å². The Morgan fingerprint density at radius 1 is 1.11 bits per heavy atom. The number of benzene rings is 2. The molecule has 2 rings (SSSR count). The molecule has 6 nitrogen and oxygen atoms in total. The van der Waals surface area contributed by atoms with E-state index < -0.39 is 30.9 Å². The summed E-state index contributed by atoms with van der Waals surface area (Å²) in [6.07, 6.45) is 0.00361. The lowest BCUT2D eigenvalue weighted by atomic mass is 10.2. The fraction of sp³-hybridized carbons (Fsp3) is 0.211. The minimum atomic E-state index is -0.781. The van der Waals surface area contributed by atoms with Gasteiger partial charge in [-0.05, 0) is 24.3 Å². The van der Waals surface area contributed by atoms with Crippen molar-refractivity contribution in [3.63, 3.8) is 0 Å². The highest BCUT2D eigenvalue weighted by molar-refractivity contribution is 6.32. The van der Waals surface area contributed by atoms with E-state index in [1.165, 1.54) is 18.2 Å². The summed E-state index contributed by atoms with van der Waals surface area (Å²) < 4.78 is 24.1. The van der Waals surface area contributed by atoms with Crippen molar-refractivity contribution in [1.82, 2.24) is 0 Å². The maximum atomic E-state index is 14.0. The van der Waals surface area contributed by atoms with E-state index in [-0.39, 0.29) is 18.7 Å². The molecular formula is C19H16ClFN2O4. The molecule has 0 radical (unpaired) electrons. The Labute approximate surface area is 160 Å². The fourth-order valence-corrected chi connectivity index (χ4v) is 2.36. The molecule has 0 saturated carbocycles. The second-order valence-corrected chi connectivity index (χ2v) is 5.69. The van der Waals surface area contributed by atoms with Crippen molar-refractivity contribution >= 4 is 29.2 Å². The van der Waals surface area contributed by atoms with Gasteiger partial charge < -0.3 is 14.4 Å². The van der Waals surface area contributed by atoms with E-state index in [9.17, 15) is 14.0 Å². The van der Waals surface area contributed by atoms with Crippen LogP contribution in [0.2, 0.25) is 5.02 Å². The minimum Gasteiger partial charge on any atom is -0.480 e. The SMILES string of the molecule is N#CCCN(C(=O)COC(=O)COc1ccccc1Cl)c1ccccc1F. The van der Waals surface area contributed by atoms with Crippen LogP contribution in [-0.4, -0.2) is 31.6 Å². The second-order valence-electron chi connectivity index (χ2n) is 5.28. The van der Waals surface area contributed by atoms with Crippen molar-refractivity contribution in [2.45, 2.75) is 6.42 Å². The largest absolute Gasteiger partial charge is 0.480 e. The lowest BCUT2D eigenvalue weighted by molar-refractivity contribution is -0.149. The molecule has 0 spiro atoms. The number of amides is 1. The number of halogens is 2. The van der Waals surface area contributed by atoms with Crippen LogP contribution in [0.5, 0.6) is 5.75 Å². The quantitative estimate of drug-likeness (QED) is 0.646. The van der Waals surface area contributed by atoms with E-state index in [0.717, 1.165) is 4.90 Å². The number of hydrogen-bond donors (Lipinski definition) is 0. The Morgan fingerprint density at radius 2 is 1.81 bits per heavy atom. The highest BCUT2D eigenvalue weighted by Gasteiger charge is 2.20. The average molecular weight is 391 g/mol. The van der Waals surface area contributed by atoms with Gasteiger partial charge in [0, 0.05) is 6.54 Å². The molecule has 8 heteroatoms. The molecule has 0 aliphatic heterocycles. The maximum Gasteiger partial charge on any atom is 0.344 e. The van der Waals surface area contributed by atoms with Gasteiger partial charge in [0.1, 0.15) is 11.6 Å². The number of para-hydroxylation sites is 2. The molecule has 0 aromatic heterocycles. The number of anilines is 1. The molecule has 2 aromatic carbocycles. The van der Waals surface area contributed by atoms with Crippen LogP contribution in [0.15, 0.2) is 48.5 Å². The summed E-state index contributed by atoms with van der Waals surface area (Å²) in [7, 11) is 0. The summed E-state index contributed by atoms with van der Waals surface area (Å²) in [4.78, 5) is 25.2. The molecule has 2 aromatic rings. The second kappa shape index (κ2) is 10.1. The van der Waals surface area contributed by atoms with Crippen molar-refractivity contribution in [2.75, 3.05) is 24.7 Å². The predicted molar refractivity (Wildman–Crippen MR) is 96.9 cm³/mol. The number of ether oxygens (including phenoxy) is 2. The zero-order valence-electron chi connectivity index (χ0n) is 14.2. The third-order valence-corrected chi connectivity index (χ3v) is 3.74. The summed E-state index contributed by atoms with van der Waals surface area (Å²) >= 11 is 5.91. The monoisotopic (exact) mass is 390 g/mol. The Kier molecular flexibility index (Phi) is 7.59. The average Bonchev–Trinajstić information content (AvgIpc) is 2.67. The highest BCUT2D eigenvalue weighted by atomic mass is 35.5. The van der Waals surface area contributed by atoms with E-state index in [1.54, 1.807) is 30.3 Å². The molecule has 0 bridgehead atoms. The number of rotatable bonds is 8. The van der Waals surface area contributed by atoms with Crippen molar-refractivity contribution in [1.29, 1.82) is 5.26 Å². The fourth-order valence-electron chi connectivity index (χ4n) is 2.17. The van der Waals surface area contributed by atoms with Crippen LogP contribution < -0.4 is 9.64 Å². The number of nitriles is 1. The van der Waals surface area contributed by atoms with Gasteiger partial charge in [0.2, 0.25) is 0 Å². The molecule has 0 unspecified atom stereocenters. The van der Waals surface area contributed by atoms with Gasteiger partial charge >= 0.3 is 5.97 Å². The van der Waals surface area contributed by atoms with Crippen LogP contribution >= 0.6 is 11.6 Å². The van der Waals surface area contributed by atoms with Gasteiger partial charge in [-0.1, -0.05) is 35.9 Å². The standard InChI is InChI=1S/C19H16ClFN2O4/c20-14-6-1-4-9-17(14)26-13-19(25)27-12-18(24)23(11-5-10-22)16-8-3-2-7-15(16)21/h1-4,6-9H,5,11-13H2. The summed E-state index contributed by atoms with van der Waals surface area (Å²) in [5.41, 5.74) is 0.0149. The van der Waals surface area contributed by atoms with E-state index in [2.05, 4.69) is 0 Å². The van der Waals surface area contributed by atoms with Crippen LogP contribution in [0.25, 0.3) is 0 Å². The van der Waals surface area contributed by atoms with Crippen LogP contribution in [0, 0.1) is 17.1 Å². The van der Waals surface area contributed by atoms with E-state index in [0.29, 0.717) is 10.8 Å². The smallest absolute Gasteiger partial charge is 0.344 e. The third kappa shape index (κ3) is 5.97. The molecule has 140 valence electrons. The normalized spacial score (nSPS) is 9.96. The summed E-state index contributed by atoms with van der Waals surface area (Å²) in [6, 6.07) is 14.1. The number of carbonyl (C=O) groups excluding carboxylic acids is 2. The van der Waals surface area contributed by atoms with Crippen molar-refractivity contribution in [3.8, 4) is 11.8 Å². The van der Waals surface area contributed by atoms with E-state index >= 15 is 0 Å². The molecule has 27 heavy (non-hydrogen) atoms. The maximum absolute atomic E-state index is 14.0. The first kappa shape index (κ1) is 20.2. The van der Waals surface area contributed by atoms with Gasteiger partial charge in [0.05, 0.1) is 23.2 Å². The molecule has 0 heterocycles. The van der Waals surface area contributed by atoms with Gasteiger partial charge in [-0.25, -0.2) is 9.18 Å². The van der Waals surface area contributed by atoms with E-state index in [1.807, 2.05) is 6.07 Å². The molecule has 0 aliphatic rings. The van der Waals surface area contributed by atoms with Crippen molar-refractivity contribution in [2.24, 2.45) is 0 Å². The highest BCUT2D eigenvalue weighted by Crippen LogP contribution is 2.23. The minimum absolute atomic E-state index is 0.00361. The predicted octanol–water partition coefficient (Wildman–Crippen LogP) is 3.35. The molecule has 0 fully saturated rings. The van der Waals surface area contributed by atoms with Crippen molar-refractivity contribution in [3.05, 3.63) is 59.4 Å². The molecule has 0 N–H and O–H groups in total. The zero-order valence-corrected chi connectivity index (χ0v) is 15.0. The Bertz CT molecular complexity index is 854. The van der Waals surface area contributed by atoms with Gasteiger partial charge in [0.15, 0.2) is 13.2 Å². The molecule has 0 aliphatic carbocycles. The zero-order chi connectivity index (χ0) is 19.6. The molecule has 1 amide bonds. The first-order chi connectivity index (χ1) is 13.0. The van der Waals surface area contributed by atoms with Crippen molar-refractivity contribution < 1.29 is 23.5 Å². The lowest BCUT2D eigenvalue weighted by Crippen LogP contribution is -2.36. The van der Waals surface area contributed by atoms with Gasteiger partial charge in [-0.3, -0.25) is 4.79 Å². The number of carbonyl (C=O) groups is 2. The van der Waals surface area contributed by atoms with Crippen LogP contribution in [0.1, 0.15) is 6.42 Å². The number of nitrogens with zero attached hydrogens (tertiary/aromatic N) is 2. The van der Waals surface area contributed by atoms with Gasteiger partial charge in [-0.15, -0.1) is 0 Å². The molecular weight excluding hydrogens is 375 g/mol. The number of esters is 1. The van der Waals surface area contributed by atoms with Crippen LogP contribution in [-0.2, 0) is 14.3 Å². The lowest BCUT2D eigenvalue weighted by Gasteiger charge is -2.22. The molecule has 0 atom stereocenters. The topological polar surface area (TPSA) is 79.6 Å². The first-order valence-electron chi connectivity index (χ1n) is 7.97. The third-order valence-electron chi connectivity index (χ3n) is 3.43. The van der Waals surface area contributed by atoms with Gasteiger partial charge in [-0.2, -0.15) is 5.26 Å². The Balaban J connectivity index is 1.93. The Morgan fingerprint density at radius 3 is 2.52 bits per heavy atom. The first-order valence-corrected chi connectivity index (χ1v) is 8.35.